The zero-order valence-electron chi connectivity index (χ0n) is 12.5. The van der Waals surface area contributed by atoms with Crippen LogP contribution in [0.5, 0.6) is 5.75 Å². The maximum atomic E-state index is 14.4. The average molecular weight is 302 g/mol. The van der Waals surface area contributed by atoms with E-state index in [-0.39, 0.29) is 11.3 Å². The third-order valence-corrected chi connectivity index (χ3v) is 4.59. The number of phenolic OH excluding ortho intramolecular Hbond substituents is 1. The smallest absolute Gasteiger partial charge is 0.167 e. The van der Waals surface area contributed by atoms with Crippen LogP contribution in [-0.4, -0.2) is 5.11 Å². The van der Waals surface area contributed by atoms with Crippen molar-refractivity contribution in [2.75, 3.05) is 0 Å². The van der Waals surface area contributed by atoms with Gasteiger partial charge in [0.2, 0.25) is 0 Å². The highest BCUT2D eigenvalue weighted by atomic mass is 19.2. The van der Waals surface area contributed by atoms with Crippen LogP contribution in [0.2, 0.25) is 0 Å². The van der Waals surface area contributed by atoms with Crippen molar-refractivity contribution >= 4 is 0 Å². The van der Waals surface area contributed by atoms with Gasteiger partial charge in [-0.05, 0) is 24.0 Å². The summed E-state index contributed by atoms with van der Waals surface area (Å²) in [6.45, 7) is 0. The molecule has 1 N–H and O–H groups in total. The maximum absolute atomic E-state index is 14.4. The molecule has 0 bridgehead atoms. The molecule has 22 heavy (non-hydrogen) atoms. The number of benzene rings is 2. The molecule has 0 spiro atoms. The van der Waals surface area contributed by atoms with Gasteiger partial charge in [-0.15, -0.1) is 0 Å². The molecule has 116 valence electrons. The van der Waals surface area contributed by atoms with Crippen LogP contribution in [-0.2, 0) is 6.42 Å². The Labute approximate surface area is 129 Å². The first-order valence-corrected chi connectivity index (χ1v) is 7.92. The Balaban J connectivity index is 1.90. The van der Waals surface area contributed by atoms with Gasteiger partial charge in [-0.2, -0.15) is 0 Å². The molecule has 0 aliphatic heterocycles. The molecule has 0 amide bonds. The standard InChI is InChI=1S/C19H20F2O/c20-18-14(12-13-6-2-1-3-7-13)10-11-16(19(18)21)15-8-4-5-9-17(15)22/h4-5,8-11,13,22H,1-3,6-7,12H2. The van der Waals surface area contributed by atoms with E-state index in [2.05, 4.69) is 0 Å². The quantitative estimate of drug-likeness (QED) is 0.798. The number of hydrogen-bond acceptors (Lipinski definition) is 1. The number of halogens is 2. The largest absolute Gasteiger partial charge is 0.507 e. The van der Waals surface area contributed by atoms with Gasteiger partial charge in [-0.25, -0.2) is 8.78 Å². The molecule has 3 rings (SSSR count). The Hall–Kier alpha value is -1.90. The van der Waals surface area contributed by atoms with Gasteiger partial charge in [0.05, 0.1) is 0 Å². The molecule has 0 heterocycles. The van der Waals surface area contributed by atoms with E-state index in [9.17, 15) is 13.9 Å². The summed E-state index contributed by atoms with van der Waals surface area (Å²) in [4.78, 5) is 0. The van der Waals surface area contributed by atoms with Crippen molar-refractivity contribution in [2.24, 2.45) is 5.92 Å². The fourth-order valence-corrected chi connectivity index (χ4v) is 3.36. The highest BCUT2D eigenvalue weighted by Crippen LogP contribution is 2.34. The van der Waals surface area contributed by atoms with E-state index in [4.69, 9.17) is 0 Å². The molecule has 1 nitrogen and oxygen atoms in total. The Morgan fingerprint density at radius 3 is 2.32 bits per heavy atom. The minimum absolute atomic E-state index is 0.0409. The number of rotatable bonds is 3. The molecule has 0 radical (unpaired) electrons. The van der Waals surface area contributed by atoms with Crippen LogP contribution >= 0.6 is 0 Å². The van der Waals surface area contributed by atoms with Crippen molar-refractivity contribution in [3.8, 4) is 16.9 Å². The van der Waals surface area contributed by atoms with Crippen LogP contribution in [0.3, 0.4) is 0 Å². The van der Waals surface area contributed by atoms with Crippen molar-refractivity contribution in [2.45, 2.75) is 38.5 Å². The SMILES string of the molecule is Oc1ccccc1-c1ccc(CC2CCCCC2)c(F)c1F. The molecule has 2 aromatic carbocycles. The monoisotopic (exact) mass is 302 g/mol. The summed E-state index contributed by atoms with van der Waals surface area (Å²) >= 11 is 0. The Morgan fingerprint density at radius 2 is 1.59 bits per heavy atom. The Bertz CT molecular complexity index is 660. The third kappa shape index (κ3) is 2.99. The summed E-state index contributed by atoms with van der Waals surface area (Å²) < 4.78 is 28.8. The van der Waals surface area contributed by atoms with Gasteiger partial charge >= 0.3 is 0 Å². The molecule has 0 unspecified atom stereocenters. The lowest BCUT2D eigenvalue weighted by atomic mass is 9.84. The summed E-state index contributed by atoms with van der Waals surface area (Å²) in [5.41, 5.74) is 0.884. The number of para-hydroxylation sites is 1. The summed E-state index contributed by atoms with van der Waals surface area (Å²) in [7, 11) is 0. The molecule has 1 aliphatic carbocycles. The molecule has 1 aliphatic rings. The van der Waals surface area contributed by atoms with E-state index < -0.39 is 11.6 Å². The van der Waals surface area contributed by atoms with E-state index in [1.807, 2.05) is 0 Å². The first-order chi connectivity index (χ1) is 10.7. The maximum Gasteiger partial charge on any atom is 0.167 e. The molecule has 2 aromatic rings. The Morgan fingerprint density at radius 1 is 0.864 bits per heavy atom. The molecular formula is C19H20F2O. The van der Waals surface area contributed by atoms with Crippen molar-refractivity contribution < 1.29 is 13.9 Å². The predicted molar refractivity (Wildman–Crippen MR) is 83.7 cm³/mol. The summed E-state index contributed by atoms with van der Waals surface area (Å²) in [5, 5.41) is 9.82. The summed E-state index contributed by atoms with van der Waals surface area (Å²) in [5.74, 6) is -1.22. The lowest BCUT2D eigenvalue weighted by Gasteiger charge is -2.22. The van der Waals surface area contributed by atoms with Crippen LogP contribution in [0.4, 0.5) is 8.78 Å². The molecule has 0 saturated heterocycles. The van der Waals surface area contributed by atoms with Gasteiger partial charge < -0.3 is 5.11 Å². The second kappa shape index (κ2) is 6.47. The van der Waals surface area contributed by atoms with Crippen LogP contribution in [0.25, 0.3) is 11.1 Å². The normalized spacial score (nSPS) is 15.9. The van der Waals surface area contributed by atoms with E-state index in [1.54, 1.807) is 30.3 Å². The minimum Gasteiger partial charge on any atom is -0.507 e. The van der Waals surface area contributed by atoms with Crippen LogP contribution < -0.4 is 0 Å². The fourth-order valence-electron chi connectivity index (χ4n) is 3.36. The first kappa shape index (κ1) is 15.0. The topological polar surface area (TPSA) is 20.2 Å². The lowest BCUT2D eigenvalue weighted by molar-refractivity contribution is 0.351. The number of phenols is 1. The van der Waals surface area contributed by atoms with Crippen molar-refractivity contribution in [3.63, 3.8) is 0 Å². The molecule has 3 heteroatoms. The van der Waals surface area contributed by atoms with Crippen LogP contribution in [0.15, 0.2) is 36.4 Å². The van der Waals surface area contributed by atoms with Gasteiger partial charge in [0.1, 0.15) is 5.75 Å². The van der Waals surface area contributed by atoms with E-state index in [0.717, 1.165) is 12.8 Å². The fraction of sp³-hybridized carbons (Fsp3) is 0.368. The predicted octanol–water partition coefficient (Wildman–Crippen LogP) is 5.46. The minimum atomic E-state index is -0.866. The molecule has 0 atom stereocenters. The van der Waals surface area contributed by atoms with E-state index in [0.29, 0.717) is 23.5 Å². The van der Waals surface area contributed by atoms with Crippen LogP contribution in [0.1, 0.15) is 37.7 Å². The highest BCUT2D eigenvalue weighted by molar-refractivity contribution is 5.70. The second-order valence-electron chi connectivity index (χ2n) is 6.13. The highest BCUT2D eigenvalue weighted by Gasteiger charge is 2.20. The molecule has 1 saturated carbocycles. The van der Waals surface area contributed by atoms with Crippen LogP contribution in [0, 0.1) is 17.6 Å². The summed E-state index contributed by atoms with van der Waals surface area (Å²) in [6.07, 6.45) is 6.42. The van der Waals surface area contributed by atoms with E-state index >= 15 is 0 Å². The van der Waals surface area contributed by atoms with Gasteiger partial charge in [0.25, 0.3) is 0 Å². The first-order valence-electron chi connectivity index (χ1n) is 7.92. The van der Waals surface area contributed by atoms with Crippen molar-refractivity contribution in [3.05, 3.63) is 53.6 Å². The number of hydrogen-bond donors (Lipinski definition) is 1. The molecule has 0 aromatic heterocycles. The lowest BCUT2D eigenvalue weighted by Crippen LogP contribution is -2.11. The zero-order chi connectivity index (χ0) is 15.5. The Kier molecular flexibility index (Phi) is 4.41. The molecular weight excluding hydrogens is 282 g/mol. The van der Waals surface area contributed by atoms with Crippen molar-refractivity contribution in [1.82, 2.24) is 0 Å². The second-order valence-corrected chi connectivity index (χ2v) is 6.13. The van der Waals surface area contributed by atoms with E-state index in [1.165, 1.54) is 25.3 Å². The van der Waals surface area contributed by atoms with Gasteiger partial charge in [0.15, 0.2) is 11.6 Å². The molecule has 1 fully saturated rings. The average Bonchev–Trinajstić information content (AvgIpc) is 2.54. The van der Waals surface area contributed by atoms with Gasteiger partial charge in [0, 0.05) is 11.1 Å². The zero-order valence-corrected chi connectivity index (χ0v) is 12.5. The van der Waals surface area contributed by atoms with Crippen molar-refractivity contribution in [1.29, 1.82) is 0 Å². The third-order valence-electron chi connectivity index (χ3n) is 4.59. The number of aromatic hydroxyl groups is 1. The van der Waals surface area contributed by atoms with Gasteiger partial charge in [-0.3, -0.25) is 0 Å². The summed E-state index contributed by atoms with van der Waals surface area (Å²) in [6, 6.07) is 9.66. The van der Waals surface area contributed by atoms with Gasteiger partial charge in [-0.1, -0.05) is 62.4 Å².